The third kappa shape index (κ3) is 2.52. The molecule has 0 fully saturated rings. The van der Waals surface area contributed by atoms with Crippen LogP contribution < -0.4 is 0 Å². The number of carboxylic acid groups (broad SMARTS) is 1. The van der Waals surface area contributed by atoms with Crippen molar-refractivity contribution in [2.75, 3.05) is 0 Å². The molecule has 0 heterocycles. The predicted molar refractivity (Wildman–Crippen MR) is 62.5 cm³/mol. The van der Waals surface area contributed by atoms with Crippen LogP contribution in [-0.4, -0.2) is 11.1 Å². The number of halogens is 4. The van der Waals surface area contributed by atoms with E-state index in [4.69, 9.17) is 39.9 Å². The van der Waals surface area contributed by atoms with Gasteiger partial charge in [0.05, 0.1) is 20.6 Å². The summed E-state index contributed by atoms with van der Waals surface area (Å²) in [4.78, 5) is 10.8. The summed E-state index contributed by atoms with van der Waals surface area (Å²) < 4.78 is 21.3. The van der Waals surface area contributed by atoms with E-state index in [0.717, 1.165) is 6.07 Å². The first-order valence-electron chi connectivity index (χ1n) is 3.32. The van der Waals surface area contributed by atoms with Crippen molar-refractivity contribution < 1.29 is 16.0 Å². The monoisotopic (exact) mass is 382 g/mol. The maximum atomic E-state index is 10.9. The van der Waals surface area contributed by atoms with Gasteiger partial charge in [-0.1, -0.05) is 34.8 Å². The first-order chi connectivity index (χ1) is 6.86. The fourth-order valence-electron chi connectivity index (χ4n) is 0.912. The van der Waals surface area contributed by atoms with E-state index in [9.17, 15) is 10.9 Å². The van der Waals surface area contributed by atoms with Gasteiger partial charge in [0.15, 0.2) is 0 Å². The Kier molecular flexibility index (Phi) is 4.16. The highest BCUT2D eigenvalue weighted by atomic mass is 127. The van der Waals surface area contributed by atoms with Crippen LogP contribution in [-0.2, 0) is 6.14 Å². The second kappa shape index (κ2) is 4.82. The molecule has 0 bridgehead atoms. The lowest BCUT2D eigenvalue weighted by Gasteiger charge is -2.05. The molecule has 4 nitrogen and oxygen atoms in total. The van der Waals surface area contributed by atoms with Crippen molar-refractivity contribution in [3.05, 3.63) is 30.3 Å². The number of hydrogen-bond acceptors (Lipinski definition) is 3. The van der Waals surface area contributed by atoms with E-state index >= 15 is 0 Å². The van der Waals surface area contributed by atoms with Gasteiger partial charge in [-0.3, -0.25) is 0 Å². The van der Waals surface area contributed by atoms with E-state index in [0.29, 0.717) is 0 Å². The smallest absolute Gasteiger partial charge is 0.343 e. The summed E-state index contributed by atoms with van der Waals surface area (Å²) >= 11 is 12.7. The van der Waals surface area contributed by atoms with Gasteiger partial charge in [0.2, 0.25) is 0 Å². The molecule has 1 N–H and O–H groups in total. The average Bonchev–Trinajstić information content (AvgIpc) is 2.09. The molecule has 0 unspecified atom stereocenters. The van der Waals surface area contributed by atoms with Gasteiger partial charge >= 0.3 is 25.8 Å². The fourth-order valence-corrected chi connectivity index (χ4v) is 3.67. The molecule has 0 saturated carbocycles. The van der Waals surface area contributed by atoms with Gasteiger partial charge in [0.1, 0.15) is 3.57 Å². The highest BCUT2D eigenvalue weighted by Crippen LogP contribution is 2.38. The number of carboxylic acids is 1. The minimum Gasteiger partial charge on any atom is -0.478 e. The largest absolute Gasteiger partial charge is 0.478 e. The zero-order valence-electron chi connectivity index (χ0n) is 6.76. The summed E-state index contributed by atoms with van der Waals surface area (Å²) in [6, 6.07) is 1.10. The van der Waals surface area contributed by atoms with Crippen molar-refractivity contribution in [1.29, 1.82) is 0 Å². The number of hydrogen-bond donors (Lipinski definition) is 1. The molecule has 1 rings (SSSR count). The maximum absolute atomic E-state index is 10.9. The normalized spacial score (nSPS) is 10.7. The summed E-state index contributed by atoms with van der Waals surface area (Å²) in [6.07, 6.45) is 0. The van der Waals surface area contributed by atoms with Crippen LogP contribution in [0.15, 0.2) is 6.07 Å². The fraction of sp³-hybridized carbons (Fsp3) is 0. The molecular formula is C7H2Cl3IO4. The molecule has 1 aromatic rings. The summed E-state index contributed by atoms with van der Waals surface area (Å²) in [6.45, 7) is 0. The lowest BCUT2D eigenvalue weighted by molar-refractivity contribution is 0.0696. The Balaban J connectivity index is 3.77. The molecule has 0 aromatic heterocycles. The third-order valence-electron chi connectivity index (χ3n) is 1.48. The van der Waals surface area contributed by atoms with Crippen LogP contribution in [0.2, 0.25) is 15.1 Å². The molecule has 82 valence electrons. The Hall–Kier alpha value is -0.110. The van der Waals surface area contributed by atoms with Crippen LogP contribution in [0, 0.1) is 3.57 Å². The van der Waals surface area contributed by atoms with E-state index in [2.05, 4.69) is 0 Å². The van der Waals surface area contributed by atoms with Gasteiger partial charge in [-0.15, -0.1) is 0 Å². The molecule has 0 amide bonds. The average molecular weight is 383 g/mol. The summed E-state index contributed by atoms with van der Waals surface area (Å²) in [5, 5.41) is 8.15. The maximum Gasteiger partial charge on any atom is 0.343 e. The van der Waals surface area contributed by atoms with Crippen LogP contribution in [0.1, 0.15) is 10.4 Å². The first kappa shape index (κ1) is 13.0. The van der Waals surface area contributed by atoms with Crippen molar-refractivity contribution >= 4 is 60.6 Å². The molecule has 0 aliphatic heterocycles. The minimum absolute atomic E-state index is 0.0967. The van der Waals surface area contributed by atoms with Crippen LogP contribution in [0.5, 0.6) is 0 Å². The highest BCUT2D eigenvalue weighted by molar-refractivity contribution is 14.2. The van der Waals surface area contributed by atoms with E-state index < -0.39 is 34.9 Å². The van der Waals surface area contributed by atoms with Crippen molar-refractivity contribution in [2.45, 2.75) is 0 Å². The zero-order chi connectivity index (χ0) is 11.7. The standard InChI is InChI=1S/C7H2Cl3IO4/c8-2-1-3(9)6(11(14)15)4(5(2)10)7(12)13/h1H,(H,12,13). The van der Waals surface area contributed by atoms with Gasteiger partial charge in [-0.25, -0.2) is 10.9 Å². The second-order valence-corrected chi connectivity index (χ2v) is 5.88. The lowest BCUT2D eigenvalue weighted by Crippen LogP contribution is -2.02. The van der Waals surface area contributed by atoms with Gasteiger partial charge in [0, 0.05) is 0 Å². The first-order valence-corrected chi connectivity index (χ1v) is 7.29. The Labute approximate surface area is 106 Å². The Bertz CT molecular complexity index is 501. The third-order valence-corrected chi connectivity index (χ3v) is 4.89. The topological polar surface area (TPSA) is 71.4 Å². The van der Waals surface area contributed by atoms with Crippen LogP contribution >= 0.6 is 54.6 Å². The van der Waals surface area contributed by atoms with Gasteiger partial charge in [0.25, 0.3) is 0 Å². The molecule has 0 aliphatic carbocycles. The number of rotatable bonds is 2. The van der Waals surface area contributed by atoms with Gasteiger partial charge in [-0.05, 0) is 6.07 Å². The quantitative estimate of drug-likeness (QED) is 0.624. The molecule has 0 aliphatic rings. The van der Waals surface area contributed by atoms with E-state index in [1.165, 1.54) is 0 Å². The zero-order valence-corrected chi connectivity index (χ0v) is 11.2. The van der Waals surface area contributed by atoms with Gasteiger partial charge < -0.3 is 5.11 Å². The van der Waals surface area contributed by atoms with E-state index in [1.54, 1.807) is 0 Å². The highest BCUT2D eigenvalue weighted by Gasteiger charge is 2.23. The second-order valence-electron chi connectivity index (χ2n) is 2.37. The number of carbonyl (C=O) groups is 1. The van der Waals surface area contributed by atoms with Crippen molar-refractivity contribution in [3.8, 4) is 0 Å². The molecule has 0 atom stereocenters. The molecule has 0 radical (unpaired) electrons. The van der Waals surface area contributed by atoms with E-state index in [1.807, 2.05) is 0 Å². The minimum atomic E-state index is -4.04. The van der Waals surface area contributed by atoms with Crippen molar-refractivity contribution in [1.82, 2.24) is 0 Å². The Morgan fingerprint density at radius 2 is 1.73 bits per heavy atom. The molecule has 1 aromatic carbocycles. The Morgan fingerprint density at radius 1 is 1.20 bits per heavy atom. The van der Waals surface area contributed by atoms with Crippen LogP contribution in [0.3, 0.4) is 0 Å². The van der Waals surface area contributed by atoms with Crippen LogP contribution in [0.25, 0.3) is 0 Å². The van der Waals surface area contributed by atoms with Gasteiger partial charge in [-0.2, -0.15) is 0 Å². The van der Waals surface area contributed by atoms with E-state index in [-0.39, 0.29) is 15.1 Å². The SMILES string of the molecule is O=C(O)c1c(Cl)c(Cl)cc(Cl)c1I(=O)=O. The molecular weight excluding hydrogens is 381 g/mol. The molecule has 8 heteroatoms. The Morgan fingerprint density at radius 3 is 2.13 bits per heavy atom. The summed E-state index contributed by atoms with van der Waals surface area (Å²) in [5.74, 6) is -1.48. The molecule has 0 saturated heterocycles. The number of benzene rings is 1. The molecule has 15 heavy (non-hydrogen) atoms. The molecule has 0 spiro atoms. The van der Waals surface area contributed by atoms with Crippen molar-refractivity contribution in [3.63, 3.8) is 0 Å². The summed E-state index contributed by atoms with van der Waals surface area (Å²) in [5.41, 5.74) is -0.565. The van der Waals surface area contributed by atoms with Crippen molar-refractivity contribution in [2.24, 2.45) is 0 Å². The summed E-state index contributed by atoms with van der Waals surface area (Å²) in [7, 11) is 0. The number of aromatic carboxylic acids is 1. The predicted octanol–water partition coefficient (Wildman–Crippen LogP) is 3.71. The lowest BCUT2D eigenvalue weighted by atomic mass is 10.2. The van der Waals surface area contributed by atoms with Crippen LogP contribution in [0.4, 0.5) is 0 Å².